The van der Waals surface area contributed by atoms with Crippen LogP contribution in [-0.4, -0.2) is 72.8 Å². The minimum absolute atomic E-state index is 0.0823. The summed E-state index contributed by atoms with van der Waals surface area (Å²) in [5.41, 5.74) is 1.30. The molecule has 3 aromatic heterocycles. The third-order valence-electron chi connectivity index (χ3n) is 5.45. The molecule has 0 aliphatic carbocycles. The quantitative estimate of drug-likeness (QED) is 0.407. The zero-order valence-electron chi connectivity index (χ0n) is 18.8. The summed E-state index contributed by atoms with van der Waals surface area (Å²) in [6, 6.07) is 12.4. The lowest BCUT2D eigenvalue weighted by atomic mass is 10.0. The summed E-state index contributed by atoms with van der Waals surface area (Å²) in [6.45, 7) is -0.342. The zero-order valence-corrected chi connectivity index (χ0v) is 18.8. The molecule has 0 unspecified atom stereocenters. The van der Waals surface area contributed by atoms with Gasteiger partial charge >= 0.3 is 12.1 Å². The molecule has 1 saturated heterocycles. The number of carboxylic acid groups (broad SMARTS) is 1. The van der Waals surface area contributed by atoms with Gasteiger partial charge in [0.2, 0.25) is 5.88 Å². The van der Waals surface area contributed by atoms with Gasteiger partial charge in [-0.2, -0.15) is 18.3 Å². The van der Waals surface area contributed by atoms with E-state index in [2.05, 4.69) is 15.1 Å². The van der Waals surface area contributed by atoms with Gasteiger partial charge < -0.3 is 14.7 Å². The number of carboxylic acids is 1. The van der Waals surface area contributed by atoms with E-state index in [1.165, 1.54) is 15.6 Å². The van der Waals surface area contributed by atoms with Crippen molar-refractivity contribution in [3.8, 4) is 5.88 Å². The van der Waals surface area contributed by atoms with Crippen molar-refractivity contribution in [3.63, 3.8) is 0 Å². The Balaban J connectivity index is 0.000000405. The number of pyridine rings is 1. The van der Waals surface area contributed by atoms with Crippen molar-refractivity contribution in [1.29, 1.82) is 0 Å². The molecule has 1 N–H and O–H groups in total. The van der Waals surface area contributed by atoms with Gasteiger partial charge in [0, 0.05) is 36.8 Å². The number of hydrogen-bond donors (Lipinski definition) is 1. The number of amides is 1. The fourth-order valence-corrected chi connectivity index (χ4v) is 3.59. The number of ether oxygens (including phenoxy) is 1. The lowest BCUT2D eigenvalue weighted by Gasteiger charge is -2.37. The van der Waals surface area contributed by atoms with E-state index in [4.69, 9.17) is 14.6 Å². The average Bonchev–Trinajstić information content (AvgIpc) is 3.29. The van der Waals surface area contributed by atoms with E-state index in [0.29, 0.717) is 11.2 Å². The number of hydrogen-bond acceptors (Lipinski definition) is 6. The summed E-state index contributed by atoms with van der Waals surface area (Å²) in [4.78, 5) is 31.7. The SMILES string of the molecule is O=C(O)C(F)(F)F.O=C(c1cnn2cccnc12)N1CCC(F)(F)[C@@H](Oc2ccc3ccccc3n2)C1. The van der Waals surface area contributed by atoms with Crippen LogP contribution >= 0.6 is 0 Å². The number of rotatable bonds is 3. The van der Waals surface area contributed by atoms with E-state index in [1.54, 1.807) is 36.7 Å². The second-order valence-corrected chi connectivity index (χ2v) is 7.96. The molecule has 4 aromatic rings. The number of nitrogens with zero attached hydrogens (tertiary/aromatic N) is 5. The Morgan fingerprint density at radius 2 is 1.84 bits per heavy atom. The summed E-state index contributed by atoms with van der Waals surface area (Å²) >= 11 is 0. The molecule has 1 amide bonds. The largest absolute Gasteiger partial charge is 0.490 e. The van der Waals surface area contributed by atoms with Crippen LogP contribution < -0.4 is 4.74 Å². The second-order valence-electron chi connectivity index (χ2n) is 7.96. The Bertz CT molecular complexity index is 1440. The van der Waals surface area contributed by atoms with Gasteiger partial charge in [-0.05, 0) is 18.2 Å². The number of fused-ring (bicyclic) bond motifs is 2. The van der Waals surface area contributed by atoms with E-state index in [9.17, 15) is 26.7 Å². The van der Waals surface area contributed by atoms with Crippen LogP contribution in [-0.2, 0) is 4.79 Å². The zero-order chi connectivity index (χ0) is 26.8. The third kappa shape index (κ3) is 5.73. The number of benzene rings is 1. The maximum absolute atomic E-state index is 14.6. The van der Waals surface area contributed by atoms with Gasteiger partial charge in [0.05, 0.1) is 18.3 Å². The Kier molecular flexibility index (Phi) is 6.92. The van der Waals surface area contributed by atoms with Crippen molar-refractivity contribution in [2.24, 2.45) is 0 Å². The number of piperidine rings is 1. The standard InChI is InChI=1S/C21H17F2N5O2.C2HF3O2/c22-21(23)8-11-27(20(29)15-12-25-28-10-3-9-24-19(15)28)13-17(21)30-18-7-6-14-4-1-2-5-16(14)26-18;3-2(4,5)1(6)7/h1-7,9-10,12,17H,8,11,13H2;(H,6,7)/t17-;/m0./s1. The van der Waals surface area contributed by atoms with E-state index >= 15 is 0 Å². The summed E-state index contributed by atoms with van der Waals surface area (Å²) < 4.78 is 67.9. The number of aromatic nitrogens is 4. The Morgan fingerprint density at radius 3 is 2.57 bits per heavy atom. The van der Waals surface area contributed by atoms with Gasteiger partial charge in [-0.3, -0.25) is 4.79 Å². The maximum atomic E-state index is 14.6. The maximum Gasteiger partial charge on any atom is 0.490 e. The number of alkyl halides is 5. The molecule has 5 rings (SSSR count). The van der Waals surface area contributed by atoms with E-state index in [1.807, 2.05) is 18.2 Å². The molecule has 1 fully saturated rings. The van der Waals surface area contributed by atoms with Crippen LogP contribution in [0.5, 0.6) is 5.88 Å². The number of halogens is 5. The normalized spacial score (nSPS) is 17.2. The van der Waals surface area contributed by atoms with E-state index in [0.717, 1.165) is 5.39 Å². The molecule has 0 bridgehead atoms. The van der Waals surface area contributed by atoms with Gasteiger partial charge in [0.25, 0.3) is 11.8 Å². The predicted octanol–water partition coefficient (Wildman–Crippen LogP) is 3.84. The van der Waals surface area contributed by atoms with Crippen molar-refractivity contribution in [1.82, 2.24) is 24.5 Å². The van der Waals surface area contributed by atoms with Crippen LogP contribution in [0.1, 0.15) is 16.8 Å². The monoisotopic (exact) mass is 523 g/mol. The van der Waals surface area contributed by atoms with Crippen molar-refractivity contribution < 1.29 is 41.4 Å². The van der Waals surface area contributed by atoms with Crippen LogP contribution in [0.15, 0.2) is 61.1 Å². The fourth-order valence-electron chi connectivity index (χ4n) is 3.59. The van der Waals surface area contributed by atoms with Crippen LogP contribution in [0.3, 0.4) is 0 Å². The fraction of sp³-hybridized carbons (Fsp3) is 0.261. The van der Waals surface area contributed by atoms with Gasteiger partial charge in [-0.1, -0.05) is 18.2 Å². The first-order valence-corrected chi connectivity index (χ1v) is 10.7. The van der Waals surface area contributed by atoms with Crippen LogP contribution in [0.25, 0.3) is 16.6 Å². The molecule has 0 spiro atoms. The molecular weight excluding hydrogens is 505 g/mol. The number of para-hydroxylation sites is 1. The molecule has 0 radical (unpaired) electrons. The van der Waals surface area contributed by atoms with Crippen molar-refractivity contribution in [2.75, 3.05) is 13.1 Å². The van der Waals surface area contributed by atoms with Crippen molar-refractivity contribution in [3.05, 3.63) is 66.6 Å². The number of aliphatic carboxylic acids is 1. The summed E-state index contributed by atoms with van der Waals surface area (Å²) in [5, 5.41) is 12.1. The first-order chi connectivity index (χ1) is 17.5. The Morgan fingerprint density at radius 1 is 1.11 bits per heavy atom. The first-order valence-electron chi connectivity index (χ1n) is 10.7. The highest BCUT2D eigenvalue weighted by Crippen LogP contribution is 2.32. The molecule has 4 heterocycles. The number of likely N-dealkylation sites (tertiary alicyclic amines) is 1. The number of carbonyl (C=O) groups is 2. The second kappa shape index (κ2) is 9.95. The smallest absolute Gasteiger partial charge is 0.475 e. The molecule has 1 aromatic carbocycles. The van der Waals surface area contributed by atoms with Gasteiger partial charge in [0.1, 0.15) is 5.56 Å². The van der Waals surface area contributed by atoms with Crippen molar-refractivity contribution >= 4 is 28.4 Å². The Hall–Kier alpha value is -4.36. The lowest BCUT2D eigenvalue weighted by molar-refractivity contribution is -0.192. The molecular formula is C23H18F5N5O4. The minimum Gasteiger partial charge on any atom is -0.475 e. The lowest BCUT2D eigenvalue weighted by Crippen LogP contribution is -2.55. The summed E-state index contributed by atoms with van der Waals surface area (Å²) in [6.07, 6.45) is -2.46. The predicted molar refractivity (Wildman–Crippen MR) is 118 cm³/mol. The Labute approximate surface area is 205 Å². The highest BCUT2D eigenvalue weighted by Gasteiger charge is 2.47. The van der Waals surface area contributed by atoms with Crippen molar-refractivity contribution in [2.45, 2.75) is 24.6 Å². The molecule has 14 heteroatoms. The van der Waals surface area contributed by atoms with Gasteiger partial charge in [-0.25, -0.2) is 28.1 Å². The molecule has 0 saturated carbocycles. The highest BCUT2D eigenvalue weighted by molar-refractivity contribution is 5.99. The van der Waals surface area contributed by atoms with Crippen LogP contribution in [0, 0.1) is 0 Å². The molecule has 1 aliphatic rings. The van der Waals surface area contributed by atoms with Gasteiger partial charge in [0.15, 0.2) is 11.8 Å². The summed E-state index contributed by atoms with van der Waals surface area (Å²) in [7, 11) is 0. The molecule has 1 aliphatic heterocycles. The topological polar surface area (TPSA) is 110 Å². The number of carbonyl (C=O) groups excluding carboxylic acids is 1. The summed E-state index contributed by atoms with van der Waals surface area (Å²) in [5.74, 6) is -6.14. The average molecular weight is 523 g/mol. The third-order valence-corrected chi connectivity index (χ3v) is 5.45. The molecule has 37 heavy (non-hydrogen) atoms. The van der Waals surface area contributed by atoms with Gasteiger partial charge in [-0.15, -0.1) is 0 Å². The van der Waals surface area contributed by atoms with E-state index in [-0.39, 0.29) is 24.5 Å². The molecule has 9 nitrogen and oxygen atoms in total. The van der Waals surface area contributed by atoms with Crippen LogP contribution in [0.2, 0.25) is 0 Å². The van der Waals surface area contributed by atoms with Crippen LogP contribution in [0.4, 0.5) is 22.0 Å². The van der Waals surface area contributed by atoms with E-state index < -0.39 is 36.5 Å². The molecule has 1 atom stereocenters. The highest BCUT2D eigenvalue weighted by atomic mass is 19.4. The minimum atomic E-state index is -5.08. The first kappa shape index (κ1) is 25.7. The molecule has 194 valence electrons.